The molecule has 8 heteroatoms. The number of piperidine rings is 1. The zero-order chi connectivity index (χ0) is 21.5. The molecule has 2 aliphatic rings. The fourth-order valence-electron chi connectivity index (χ4n) is 4.35. The van der Waals surface area contributed by atoms with Crippen molar-refractivity contribution in [2.75, 3.05) is 19.7 Å². The van der Waals surface area contributed by atoms with Crippen LogP contribution in [-0.4, -0.2) is 47.9 Å². The molecule has 2 aromatic carbocycles. The van der Waals surface area contributed by atoms with Crippen molar-refractivity contribution in [3.05, 3.63) is 59.7 Å². The molecule has 30 heavy (non-hydrogen) atoms. The molecule has 0 spiro atoms. The molecule has 1 fully saturated rings. The largest absolute Gasteiger partial charge is 0.481 e. The molecule has 1 amide bonds. The van der Waals surface area contributed by atoms with Crippen molar-refractivity contribution in [1.82, 2.24) is 4.90 Å². The fourth-order valence-corrected chi connectivity index (χ4v) is 4.35. The second-order valence-corrected chi connectivity index (χ2v) is 7.72. The van der Waals surface area contributed by atoms with Crippen molar-refractivity contribution >= 4 is 12.1 Å². The maximum atomic E-state index is 13.2. The Labute approximate surface area is 171 Å². The van der Waals surface area contributed by atoms with Gasteiger partial charge in [0.15, 0.2) is 0 Å². The Morgan fingerprint density at radius 1 is 1.00 bits per heavy atom. The summed E-state index contributed by atoms with van der Waals surface area (Å²) in [5.41, 5.74) is 4.05. The Kier molecular flexibility index (Phi) is 5.17. The number of amides is 1. The molecule has 2 atom stereocenters. The van der Waals surface area contributed by atoms with E-state index in [0.717, 1.165) is 27.2 Å². The smallest absolute Gasteiger partial charge is 0.409 e. The van der Waals surface area contributed by atoms with E-state index in [4.69, 9.17) is 4.74 Å². The summed E-state index contributed by atoms with van der Waals surface area (Å²) in [6.07, 6.45) is -6.03. The topological polar surface area (TPSA) is 66.8 Å². The molecule has 4 rings (SSSR count). The Hall–Kier alpha value is -3.03. The molecule has 0 aromatic heterocycles. The number of alkyl halides is 3. The molecule has 1 heterocycles. The number of carboxylic acid groups (broad SMARTS) is 1. The van der Waals surface area contributed by atoms with Crippen molar-refractivity contribution in [1.29, 1.82) is 0 Å². The van der Waals surface area contributed by atoms with Gasteiger partial charge in [-0.3, -0.25) is 4.79 Å². The molecule has 1 saturated heterocycles. The summed E-state index contributed by atoms with van der Waals surface area (Å²) < 4.78 is 45.0. The normalized spacial score (nSPS) is 21.1. The molecule has 0 radical (unpaired) electrons. The van der Waals surface area contributed by atoms with Gasteiger partial charge in [-0.2, -0.15) is 13.2 Å². The van der Waals surface area contributed by atoms with Crippen molar-refractivity contribution < 1.29 is 32.6 Å². The molecule has 1 aliphatic heterocycles. The minimum absolute atomic E-state index is 0.0300. The van der Waals surface area contributed by atoms with Gasteiger partial charge in [0.1, 0.15) is 6.61 Å². The van der Waals surface area contributed by atoms with Crippen LogP contribution >= 0.6 is 0 Å². The van der Waals surface area contributed by atoms with Crippen LogP contribution in [0.5, 0.6) is 0 Å². The number of carbonyl (C=O) groups is 2. The van der Waals surface area contributed by atoms with Crippen LogP contribution in [0.3, 0.4) is 0 Å². The number of fused-ring (bicyclic) bond motifs is 3. The van der Waals surface area contributed by atoms with Crippen LogP contribution < -0.4 is 0 Å². The van der Waals surface area contributed by atoms with Crippen molar-refractivity contribution in [3.63, 3.8) is 0 Å². The average Bonchev–Trinajstić information content (AvgIpc) is 3.05. The van der Waals surface area contributed by atoms with Crippen molar-refractivity contribution in [3.8, 4) is 11.1 Å². The summed E-state index contributed by atoms with van der Waals surface area (Å²) in [6.45, 7) is -0.916. The monoisotopic (exact) mass is 419 g/mol. The number of benzene rings is 2. The van der Waals surface area contributed by atoms with Gasteiger partial charge in [-0.1, -0.05) is 48.5 Å². The summed E-state index contributed by atoms with van der Waals surface area (Å²) in [5.74, 6) is -4.72. The predicted molar refractivity (Wildman–Crippen MR) is 102 cm³/mol. The number of halogens is 3. The van der Waals surface area contributed by atoms with Crippen LogP contribution in [0.4, 0.5) is 18.0 Å². The van der Waals surface area contributed by atoms with E-state index in [1.165, 1.54) is 0 Å². The van der Waals surface area contributed by atoms with E-state index in [1.807, 2.05) is 48.5 Å². The molecule has 0 unspecified atom stereocenters. The summed E-state index contributed by atoms with van der Waals surface area (Å²) in [7, 11) is 0. The molecule has 0 saturated carbocycles. The van der Waals surface area contributed by atoms with Gasteiger partial charge in [0.2, 0.25) is 0 Å². The second-order valence-electron chi connectivity index (χ2n) is 7.72. The van der Waals surface area contributed by atoms with Crippen LogP contribution in [-0.2, 0) is 9.53 Å². The lowest BCUT2D eigenvalue weighted by molar-refractivity contribution is -0.192. The third kappa shape index (κ3) is 3.74. The number of carbonyl (C=O) groups excluding carboxylic acids is 1. The van der Waals surface area contributed by atoms with Crippen LogP contribution in [0.15, 0.2) is 48.5 Å². The Morgan fingerprint density at radius 2 is 1.57 bits per heavy atom. The first kappa shape index (κ1) is 20.3. The predicted octanol–water partition coefficient (Wildman–Crippen LogP) is 4.52. The highest BCUT2D eigenvalue weighted by Crippen LogP contribution is 2.44. The Morgan fingerprint density at radius 3 is 2.10 bits per heavy atom. The van der Waals surface area contributed by atoms with Crippen LogP contribution in [0.25, 0.3) is 11.1 Å². The summed E-state index contributed by atoms with van der Waals surface area (Å²) in [5, 5.41) is 9.20. The molecule has 1 N–H and O–H groups in total. The van der Waals surface area contributed by atoms with Gasteiger partial charge in [-0.15, -0.1) is 0 Å². The third-order valence-electron chi connectivity index (χ3n) is 5.86. The highest BCUT2D eigenvalue weighted by molar-refractivity contribution is 5.79. The van der Waals surface area contributed by atoms with Gasteiger partial charge in [-0.05, 0) is 28.7 Å². The summed E-state index contributed by atoms with van der Waals surface area (Å²) in [4.78, 5) is 24.7. The minimum Gasteiger partial charge on any atom is -0.481 e. The minimum atomic E-state index is -4.57. The van der Waals surface area contributed by atoms with Gasteiger partial charge in [0.05, 0.1) is 11.8 Å². The quantitative estimate of drug-likeness (QED) is 0.795. The number of aliphatic carboxylic acids is 1. The molecule has 1 aliphatic carbocycles. The van der Waals surface area contributed by atoms with E-state index in [9.17, 15) is 27.9 Å². The van der Waals surface area contributed by atoms with Crippen LogP contribution in [0.1, 0.15) is 23.5 Å². The zero-order valence-corrected chi connectivity index (χ0v) is 15.9. The Balaban J connectivity index is 1.50. The van der Waals surface area contributed by atoms with Crippen LogP contribution in [0.2, 0.25) is 0 Å². The zero-order valence-electron chi connectivity index (χ0n) is 15.9. The fraction of sp³-hybridized carbons (Fsp3) is 0.364. The van der Waals surface area contributed by atoms with Gasteiger partial charge >= 0.3 is 18.2 Å². The average molecular weight is 419 g/mol. The lowest BCUT2D eigenvalue weighted by Crippen LogP contribution is -2.50. The van der Waals surface area contributed by atoms with E-state index in [1.54, 1.807) is 0 Å². The lowest BCUT2D eigenvalue weighted by Gasteiger charge is -2.36. The first-order chi connectivity index (χ1) is 14.3. The number of carboxylic acids is 1. The molecular formula is C22H20F3NO4. The van der Waals surface area contributed by atoms with E-state index in [-0.39, 0.29) is 19.1 Å². The molecule has 158 valence electrons. The number of rotatable bonds is 3. The first-order valence-electron chi connectivity index (χ1n) is 9.65. The summed E-state index contributed by atoms with van der Waals surface area (Å²) in [6, 6.07) is 15.4. The maximum Gasteiger partial charge on any atom is 0.409 e. The third-order valence-corrected chi connectivity index (χ3v) is 5.86. The molecular weight excluding hydrogens is 399 g/mol. The standard InChI is InChI=1S/C22H20F3NO4/c23-22(24,25)14-9-13(20(27)28)10-26(11-14)21(29)30-12-19-17-7-3-1-5-15(17)16-6-2-4-8-18(16)19/h1-8,13-14,19H,9-12H2,(H,27,28)/t13-,14+/m1/s1. The number of nitrogens with zero attached hydrogens (tertiary/aromatic N) is 1. The van der Waals surface area contributed by atoms with Gasteiger partial charge in [0.25, 0.3) is 0 Å². The highest BCUT2D eigenvalue weighted by Gasteiger charge is 2.47. The van der Waals surface area contributed by atoms with Crippen molar-refractivity contribution in [2.45, 2.75) is 18.5 Å². The first-order valence-corrected chi connectivity index (χ1v) is 9.65. The number of hydrogen-bond acceptors (Lipinski definition) is 3. The van der Waals surface area contributed by atoms with E-state index in [0.29, 0.717) is 0 Å². The lowest BCUT2D eigenvalue weighted by atomic mass is 9.89. The Bertz CT molecular complexity index is 929. The number of ether oxygens (including phenoxy) is 1. The van der Waals surface area contributed by atoms with Crippen molar-refractivity contribution in [2.24, 2.45) is 11.8 Å². The second kappa shape index (κ2) is 7.66. The molecule has 5 nitrogen and oxygen atoms in total. The SMILES string of the molecule is O=C(O)[C@@H]1C[C@H](C(F)(F)F)CN(C(=O)OCC2c3ccccc3-c3ccccc32)C1. The summed E-state index contributed by atoms with van der Waals surface area (Å²) >= 11 is 0. The van der Waals surface area contributed by atoms with E-state index in [2.05, 4.69) is 0 Å². The highest BCUT2D eigenvalue weighted by atomic mass is 19.4. The maximum absolute atomic E-state index is 13.2. The molecule has 2 aromatic rings. The van der Waals surface area contributed by atoms with Gasteiger partial charge in [-0.25, -0.2) is 4.79 Å². The van der Waals surface area contributed by atoms with Gasteiger partial charge < -0.3 is 14.7 Å². The molecule has 0 bridgehead atoms. The number of likely N-dealkylation sites (tertiary alicyclic amines) is 1. The van der Waals surface area contributed by atoms with E-state index >= 15 is 0 Å². The van der Waals surface area contributed by atoms with Gasteiger partial charge in [0, 0.05) is 19.0 Å². The number of hydrogen-bond donors (Lipinski definition) is 1. The van der Waals surface area contributed by atoms with Crippen LogP contribution in [0, 0.1) is 11.8 Å². The van der Waals surface area contributed by atoms with E-state index < -0.39 is 43.0 Å².